The number of rotatable bonds is 3. The van der Waals surface area contributed by atoms with Crippen LogP contribution >= 0.6 is 0 Å². The first-order valence-corrected chi connectivity index (χ1v) is 5.76. The predicted octanol–water partition coefficient (Wildman–Crippen LogP) is 2.13. The quantitative estimate of drug-likeness (QED) is 0.842. The number of nitriles is 1. The van der Waals surface area contributed by atoms with Gasteiger partial charge in [-0.1, -0.05) is 0 Å². The molecule has 0 bridgehead atoms. The van der Waals surface area contributed by atoms with Gasteiger partial charge in [0.25, 0.3) is 5.91 Å². The molecule has 0 fully saturated rings. The van der Waals surface area contributed by atoms with Crippen LogP contribution in [-0.2, 0) is 6.54 Å². The summed E-state index contributed by atoms with van der Waals surface area (Å²) in [5.74, 6) is 1.25. The second kappa shape index (κ2) is 5.36. The Morgan fingerprint density at radius 3 is 2.89 bits per heavy atom. The second-order valence-corrected chi connectivity index (χ2v) is 4.21. The Hall–Kier alpha value is -2.61. The fraction of sp³-hybridized carbons (Fsp3) is 0.214. The number of aryl methyl sites for hydroxylation is 1. The average Bonchev–Trinajstić information content (AvgIpc) is 2.83. The molecule has 0 aliphatic carbocycles. The van der Waals surface area contributed by atoms with E-state index in [1.165, 1.54) is 23.4 Å². The number of nitrogens with zero attached hydrogens (tertiary/aromatic N) is 3. The van der Waals surface area contributed by atoms with E-state index in [1.807, 2.05) is 25.1 Å². The molecule has 0 saturated heterocycles. The van der Waals surface area contributed by atoms with Crippen molar-refractivity contribution in [2.45, 2.75) is 13.5 Å². The summed E-state index contributed by atoms with van der Waals surface area (Å²) in [5.41, 5.74) is 0.623. The van der Waals surface area contributed by atoms with Gasteiger partial charge in [-0.15, -0.1) is 0 Å². The fourth-order valence-electron chi connectivity index (χ4n) is 1.74. The molecule has 19 heavy (non-hydrogen) atoms. The standard InChI is InChI=1S/C14H13N3O2/c1-10-3-4-12(19-10)9-17(2)14(18)13-8-16-6-5-11(13)7-15/h3-6,8H,9H2,1-2H3. The third kappa shape index (κ3) is 2.80. The lowest BCUT2D eigenvalue weighted by atomic mass is 10.1. The van der Waals surface area contributed by atoms with Gasteiger partial charge in [0.1, 0.15) is 17.6 Å². The number of carbonyl (C=O) groups excluding carboxylic acids is 1. The summed E-state index contributed by atoms with van der Waals surface area (Å²) >= 11 is 0. The number of furan rings is 1. The van der Waals surface area contributed by atoms with Crippen LogP contribution in [0.15, 0.2) is 35.0 Å². The average molecular weight is 255 g/mol. The zero-order valence-electron chi connectivity index (χ0n) is 10.8. The van der Waals surface area contributed by atoms with Crippen LogP contribution in [0.2, 0.25) is 0 Å². The minimum Gasteiger partial charge on any atom is -0.464 e. The molecule has 0 atom stereocenters. The molecule has 2 rings (SSSR count). The first kappa shape index (κ1) is 12.8. The molecule has 5 nitrogen and oxygen atoms in total. The van der Waals surface area contributed by atoms with E-state index in [9.17, 15) is 4.79 Å². The summed E-state index contributed by atoms with van der Waals surface area (Å²) in [6.45, 7) is 2.20. The van der Waals surface area contributed by atoms with Crippen LogP contribution in [0.4, 0.5) is 0 Å². The lowest BCUT2D eigenvalue weighted by molar-refractivity contribution is 0.0774. The Balaban J connectivity index is 2.17. The molecule has 5 heteroatoms. The van der Waals surface area contributed by atoms with Crippen LogP contribution in [0.3, 0.4) is 0 Å². The molecular weight excluding hydrogens is 242 g/mol. The van der Waals surface area contributed by atoms with Crippen molar-refractivity contribution in [3.8, 4) is 6.07 Å². The molecular formula is C14H13N3O2. The summed E-state index contributed by atoms with van der Waals surface area (Å²) in [6.07, 6.45) is 2.90. The summed E-state index contributed by atoms with van der Waals surface area (Å²) in [5, 5.41) is 8.98. The maximum atomic E-state index is 12.2. The van der Waals surface area contributed by atoms with Crippen molar-refractivity contribution in [1.82, 2.24) is 9.88 Å². The fourth-order valence-corrected chi connectivity index (χ4v) is 1.74. The molecule has 2 heterocycles. The van der Waals surface area contributed by atoms with Gasteiger partial charge in [-0.2, -0.15) is 5.26 Å². The SMILES string of the molecule is Cc1ccc(CN(C)C(=O)c2cnccc2C#N)o1. The molecule has 2 aromatic heterocycles. The molecule has 1 amide bonds. The van der Waals surface area contributed by atoms with Gasteiger partial charge >= 0.3 is 0 Å². The highest BCUT2D eigenvalue weighted by atomic mass is 16.3. The van der Waals surface area contributed by atoms with Crippen LogP contribution in [0.1, 0.15) is 27.4 Å². The van der Waals surface area contributed by atoms with E-state index in [0.29, 0.717) is 23.4 Å². The third-order valence-corrected chi connectivity index (χ3v) is 2.71. The predicted molar refractivity (Wildman–Crippen MR) is 68.2 cm³/mol. The zero-order valence-corrected chi connectivity index (χ0v) is 10.8. The van der Waals surface area contributed by atoms with E-state index in [0.717, 1.165) is 5.76 Å². The highest BCUT2D eigenvalue weighted by Crippen LogP contribution is 2.13. The van der Waals surface area contributed by atoms with Crippen LogP contribution in [0.25, 0.3) is 0 Å². The van der Waals surface area contributed by atoms with Gasteiger partial charge in [0.15, 0.2) is 0 Å². The maximum Gasteiger partial charge on any atom is 0.256 e. The van der Waals surface area contributed by atoms with E-state index in [1.54, 1.807) is 7.05 Å². The van der Waals surface area contributed by atoms with E-state index < -0.39 is 0 Å². The van der Waals surface area contributed by atoms with Gasteiger partial charge in [-0.25, -0.2) is 0 Å². The molecule has 0 unspecified atom stereocenters. The summed E-state index contributed by atoms with van der Waals surface area (Å²) < 4.78 is 5.42. The smallest absolute Gasteiger partial charge is 0.256 e. The number of aromatic nitrogens is 1. The molecule has 0 aromatic carbocycles. The van der Waals surface area contributed by atoms with Crippen molar-refractivity contribution in [2.75, 3.05) is 7.05 Å². The summed E-state index contributed by atoms with van der Waals surface area (Å²) in [7, 11) is 1.66. The van der Waals surface area contributed by atoms with Gasteiger partial charge in [0.05, 0.1) is 17.7 Å². The van der Waals surface area contributed by atoms with E-state index in [4.69, 9.17) is 9.68 Å². The number of pyridine rings is 1. The van der Waals surface area contributed by atoms with E-state index in [2.05, 4.69) is 4.98 Å². The Bertz CT molecular complexity index is 640. The highest BCUT2D eigenvalue weighted by molar-refractivity contribution is 5.96. The van der Waals surface area contributed by atoms with Gasteiger partial charge in [-0.3, -0.25) is 9.78 Å². The van der Waals surface area contributed by atoms with Gasteiger partial charge < -0.3 is 9.32 Å². The number of hydrogen-bond acceptors (Lipinski definition) is 4. The van der Waals surface area contributed by atoms with Crippen molar-refractivity contribution in [3.63, 3.8) is 0 Å². The first-order valence-electron chi connectivity index (χ1n) is 5.76. The molecule has 0 N–H and O–H groups in total. The van der Waals surface area contributed by atoms with Crippen molar-refractivity contribution >= 4 is 5.91 Å². The third-order valence-electron chi connectivity index (χ3n) is 2.71. The largest absolute Gasteiger partial charge is 0.464 e. The lowest BCUT2D eigenvalue weighted by Crippen LogP contribution is -2.26. The van der Waals surface area contributed by atoms with Crippen LogP contribution in [-0.4, -0.2) is 22.8 Å². The molecule has 0 saturated carbocycles. The molecule has 0 radical (unpaired) electrons. The van der Waals surface area contributed by atoms with Crippen LogP contribution in [0.5, 0.6) is 0 Å². The number of amides is 1. The summed E-state index contributed by atoms with van der Waals surface area (Å²) in [4.78, 5) is 17.6. The normalized spacial score (nSPS) is 9.95. The van der Waals surface area contributed by atoms with E-state index in [-0.39, 0.29) is 5.91 Å². The van der Waals surface area contributed by atoms with Crippen molar-refractivity contribution < 1.29 is 9.21 Å². The first-order chi connectivity index (χ1) is 9.11. The maximum absolute atomic E-state index is 12.2. The van der Waals surface area contributed by atoms with Gasteiger partial charge in [0.2, 0.25) is 0 Å². The van der Waals surface area contributed by atoms with Crippen molar-refractivity contribution in [2.24, 2.45) is 0 Å². The zero-order chi connectivity index (χ0) is 13.8. The Labute approximate surface area is 111 Å². The van der Waals surface area contributed by atoms with Crippen molar-refractivity contribution in [1.29, 1.82) is 5.26 Å². The van der Waals surface area contributed by atoms with Gasteiger partial charge in [0, 0.05) is 19.4 Å². The van der Waals surface area contributed by atoms with E-state index >= 15 is 0 Å². The number of carbonyl (C=O) groups is 1. The van der Waals surface area contributed by atoms with Crippen LogP contribution < -0.4 is 0 Å². The molecule has 96 valence electrons. The molecule has 0 aliphatic heterocycles. The minimum atomic E-state index is -0.251. The molecule has 0 aliphatic rings. The summed E-state index contributed by atoms with van der Waals surface area (Å²) in [6, 6.07) is 7.19. The molecule has 0 spiro atoms. The van der Waals surface area contributed by atoms with Gasteiger partial charge in [-0.05, 0) is 25.1 Å². The lowest BCUT2D eigenvalue weighted by Gasteiger charge is -2.16. The Morgan fingerprint density at radius 1 is 1.47 bits per heavy atom. The van der Waals surface area contributed by atoms with Crippen molar-refractivity contribution in [3.05, 3.63) is 53.2 Å². The Kier molecular flexibility index (Phi) is 3.62. The minimum absolute atomic E-state index is 0.251. The second-order valence-electron chi connectivity index (χ2n) is 4.21. The molecule has 2 aromatic rings. The van der Waals surface area contributed by atoms with Crippen LogP contribution in [0, 0.1) is 18.3 Å². The topological polar surface area (TPSA) is 70.1 Å². The number of hydrogen-bond donors (Lipinski definition) is 0. The Morgan fingerprint density at radius 2 is 2.26 bits per heavy atom. The highest BCUT2D eigenvalue weighted by Gasteiger charge is 2.17. The monoisotopic (exact) mass is 255 g/mol.